The Morgan fingerprint density at radius 1 is 1.32 bits per heavy atom. The molecule has 4 nitrogen and oxygen atoms in total. The first-order valence-electron chi connectivity index (χ1n) is 6.79. The van der Waals surface area contributed by atoms with Crippen LogP contribution in [-0.2, 0) is 12.4 Å². The normalized spacial score (nSPS) is 11.6. The zero-order valence-corrected chi connectivity index (χ0v) is 12.6. The molecular formula is C14H21ClN4. The highest BCUT2D eigenvalue weighted by Gasteiger charge is 2.12. The summed E-state index contributed by atoms with van der Waals surface area (Å²) in [6.07, 6.45) is 1.88. The molecule has 0 amide bonds. The predicted octanol–water partition coefficient (Wildman–Crippen LogP) is 2.82. The number of halogens is 1. The van der Waals surface area contributed by atoms with Crippen LogP contribution in [0.4, 0.5) is 0 Å². The Kier molecular flexibility index (Phi) is 4.77. The van der Waals surface area contributed by atoms with Gasteiger partial charge in [-0.05, 0) is 31.6 Å². The van der Waals surface area contributed by atoms with Crippen LogP contribution in [0.2, 0.25) is 0 Å². The molecular weight excluding hydrogens is 260 g/mol. The van der Waals surface area contributed by atoms with E-state index in [1.807, 2.05) is 13.1 Å². The fourth-order valence-corrected chi connectivity index (χ4v) is 2.48. The molecule has 0 atom stereocenters. The summed E-state index contributed by atoms with van der Waals surface area (Å²) in [5.41, 5.74) is 3.01. The highest BCUT2D eigenvalue weighted by molar-refractivity contribution is 6.16. The summed E-state index contributed by atoms with van der Waals surface area (Å²) < 4.78 is 2.14. The molecule has 0 aliphatic heterocycles. The summed E-state index contributed by atoms with van der Waals surface area (Å²) in [6, 6.07) is 2.06. The van der Waals surface area contributed by atoms with Crippen LogP contribution in [0.15, 0.2) is 12.3 Å². The smallest absolute Gasteiger partial charge is 0.160 e. The van der Waals surface area contributed by atoms with Crippen LogP contribution in [0.25, 0.3) is 11.2 Å². The van der Waals surface area contributed by atoms with E-state index in [4.69, 9.17) is 11.6 Å². The summed E-state index contributed by atoms with van der Waals surface area (Å²) in [7, 11) is 0. The van der Waals surface area contributed by atoms with E-state index in [9.17, 15) is 0 Å². The summed E-state index contributed by atoms with van der Waals surface area (Å²) >= 11 is 6.00. The number of aryl methyl sites for hydroxylation is 1. The maximum absolute atomic E-state index is 6.00. The Balaban J connectivity index is 2.30. The molecule has 0 fully saturated rings. The third kappa shape index (κ3) is 3.07. The second kappa shape index (κ2) is 6.35. The van der Waals surface area contributed by atoms with Crippen molar-refractivity contribution in [1.82, 2.24) is 19.4 Å². The molecule has 0 radical (unpaired) electrons. The van der Waals surface area contributed by atoms with Crippen molar-refractivity contribution in [3.8, 4) is 0 Å². The van der Waals surface area contributed by atoms with Gasteiger partial charge >= 0.3 is 0 Å². The number of alkyl halides is 1. The molecule has 0 saturated heterocycles. The van der Waals surface area contributed by atoms with E-state index in [0.717, 1.165) is 48.7 Å². The predicted molar refractivity (Wildman–Crippen MR) is 79.6 cm³/mol. The molecule has 0 aromatic carbocycles. The molecule has 104 valence electrons. The Hall–Kier alpha value is -1.13. The van der Waals surface area contributed by atoms with Gasteiger partial charge in [0.15, 0.2) is 5.65 Å². The first-order valence-corrected chi connectivity index (χ1v) is 7.33. The van der Waals surface area contributed by atoms with E-state index in [1.165, 1.54) is 0 Å². The van der Waals surface area contributed by atoms with Crippen molar-refractivity contribution in [3.05, 3.63) is 23.7 Å². The van der Waals surface area contributed by atoms with Gasteiger partial charge in [-0.3, -0.25) is 0 Å². The molecule has 0 bridgehead atoms. The van der Waals surface area contributed by atoms with E-state index in [0.29, 0.717) is 5.88 Å². The van der Waals surface area contributed by atoms with E-state index in [-0.39, 0.29) is 0 Å². The van der Waals surface area contributed by atoms with Crippen molar-refractivity contribution < 1.29 is 0 Å². The number of nitrogens with zero attached hydrogens (tertiary/aromatic N) is 4. The fourth-order valence-electron chi connectivity index (χ4n) is 2.28. The molecule has 5 heteroatoms. The van der Waals surface area contributed by atoms with Crippen LogP contribution in [-0.4, -0.2) is 39.1 Å². The Morgan fingerprint density at radius 2 is 2.05 bits per heavy atom. The lowest BCUT2D eigenvalue weighted by atomic mass is 10.3. The lowest BCUT2D eigenvalue weighted by Gasteiger charge is -2.18. The van der Waals surface area contributed by atoms with Crippen molar-refractivity contribution in [2.75, 3.05) is 19.6 Å². The molecule has 0 N–H and O–H groups in total. The topological polar surface area (TPSA) is 34.0 Å². The van der Waals surface area contributed by atoms with Gasteiger partial charge in [-0.2, -0.15) is 0 Å². The van der Waals surface area contributed by atoms with Crippen LogP contribution in [0, 0.1) is 6.92 Å². The Morgan fingerprint density at radius 3 is 2.68 bits per heavy atom. The molecule has 0 spiro atoms. The molecule has 2 aromatic rings. The SMILES string of the molecule is CCN(CC)CCn1c(CCl)nc2cc(C)cnc21. The molecule has 2 rings (SSSR count). The average Bonchev–Trinajstić information content (AvgIpc) is 2.77. The lowest BCUT2D eigenvalue weighted by molar-refractivity contribution is 0.290. The highest BCUT2D eigenvalue weighted by atomic mass is 35.5. The number of hydrogen-bond donors (Lipinski definition) is 0. The Labute approximate surface area is 119 Å². The Bertz CT molecular complexity index is 546. The zero-order chi connectivity index (χ0) is 13.8. The number of aromatic nitrogens is 3. The first-order chi connectivity index (χ1) is 9.19. The largest absolute Gasteiger partial charge is 0.310 e. The van der Waals surface area contributed by atoms with Crippen molar-refractivity contribution in [2.45, 2.75) is 33.2 Å². The minimum absolute atomic E-state index is 0.424. The van der Waals surface area contributed by atoms with E-state index < -0.39 is 0 Å². The van der Waals surface area contributed by atoms with Gasteiger partial charge in [-0.15, -0.1) is 11.6 Å². The molecule has 0 aliphatic carbocycles. The zero-order valence-electron chi connectivity index (χ0n) is 11.9. The van der Waals surface area contributed by atoms with Gasteiger partial charge in [0.25, 0.3) is 0 Å². The minimum Gasteiger partial charge on any atom is -0.310 e. The van der Waals surface area contributed by atoms with Gasteiger partial charge in [0.2, 0.25) is 0 Å². The van der Waals surface area contributed by atoms with E-state index in [1.54, 1.807) is 0 Å². The van der Waals surface area contributed by atoms with E-state index >= 15 is 0 Å². The van der Waals surface area contributed by atoms with Gasteiger partial charge in [-0.1, -0.05) is 13.8 Å². The van der Waals surface area contributed by atoms with Crippen LogP contribution in [0.5, 0.6) is 0 Å². The number of rotatable bonds is 6. The number of hydrogen-bond acceptors (Lipinski definition) is 3. The van der Waals surface area contributed by atoms with E-state index in [2.05, 4.69) is 39.3 Å². The average molecular weight is 281 g/mol. The van der Waals surface area contributed by atoms with Gasteiger partial charge < -0.3 is 9.47 Å². The van der Waals surface area contributed by atoms with Crippen molar-refractivity contribution in [2.24, 2.45) is 0 Å². The summed E-state index contributed by atoms with van der Waals surface area (Å²) in [5, 5.41) is 0. The number of pyridine rings is 1. The fraction of sp³-hybridized carbons (Fsp3) is 0.571. The quantitative estimate of drug-likeness (QED) is 0.763. The second-order valence-electron chi connectivity index (χ2n) is 4.70. The third-order valence-corrected chi connectivity index (χ3v) is 3.69. The number of fused-ring (bicyclic) bond motifs is 1. The summed E-state index contributed by atoms with van der Waals surface area (Å²) in [6.45, 7) is 10.4. The van der Waals surface area contributed by atoms with Gasteiger partial charge in [0.05, 0.1) is 5.88 Å². The monoisotopic (exact) mass is 280 g/mol. The highest BCUT2D eigenvalue weighted by Crippen LogP contribution is 2.16. The van der Waals surface area contributed by atoms with Crippen LogP contribution in [0.1, 0.15) is 25.2 Å². The summed E-state index contributed by atoms with van der Waals surface area (Å²) in [4.78, 5) is 11.5. The van der Waals surface area contributed by atoms with Gasteiger partial charge in [0.1, 0.15) is 11.3 Å². The van der Waals surface area contributed by atoms with Gasteiger partial charge in [-0.25, -0.2) is 9.97 Å². The molecule has 0 saturated carbocycles. The number of likely N-dealkylation sites (N-methyl/N-ethyl adjacent to an activating group) is 1. The minimum atomic E-state index is 0.424. The van der Waals surface area contributed by atoms with Crippen LogP contribution >= 0.6 is 11.6 Å². The molecule has 0 aliphatic rings. The summed E-state index contributed by atoms with van der Waals surface area (Å²) in [5.74, 6) is 1.33. The molecule has 0 unspecified atom stereocenters. The number of imidazole rings is 1. The molecule has 19 heavy (non-hydrogen) atoms. The third-order valence-electron chi connectivity index (χ3n) is 3.45. The maximum atomic E-state index is 6.00. The van der Waals surface area contributed by atoms with Crippen LogP contribution in [0.3, 0.4) is 0 Å². The standard InChI is InChI=1S/C14H21ClN4/c1-4-18(5-2)6-7-19-13(9-15)17-12-8-11(3)10-16-14(12)19/h8,10H,4-7,9H2,1-3H3. The lowest BCUT2D eigenvalue weighted by Crippen LogP contribution is -2.27. The molecule has 2 heterocycles. The first kappa shape index (κ1) is 14.3. The van der Waals surface area contributed by atoms with Gasteiger partial charge in [0, 0.05) is 19.3 Å². The molecule has 2 aromatic heterocycles. The maximum Gasteiger partial charge on any atom is 0.160 e. The second-order valence-corrected chi connectivity index (χ2v) is 4.96. The van der Waals surface area contributed by atoms with Crippen molar-refractivity contribution in [1.29, 1.82) is 0 Å². The van der Waals surface area contributed by atoms with Crippen LogP contribution < -0.4 is 0 Å². The van der Waals surface area contributed by atoms with Crippen molar-refractivity contribution >= 4 is 22.8 Å². The van der Waals surface area contributed by atoms with Crippen molar-refractivity contribution in [3.63, 3.8) is 0 Å².